The lowest BCUT2D eigenvalue weighted by Gasteiger charge is -2.10. The molecule has 0 spiro atoms. The molecule has 0 bridgehead atoms. The van der Waals surface area contributed by atoms with Gasteiger partial charge >= 0.3 is 5.97 Å². The first kappa shape index (κ1) is 19.5. The standard InChI is InChI=1S/C14H14Cl2N4O4/c1-8(15)19-12(14(21)24-2)11(16)13(17)18-7-9-5-3-4-6-10(9)20(22)23/h3-6,18H,1,7,17H2,2H3/b13-11-,19-12+. The van der Waals surface area contributed by atoms with Crippen LogP contribution in [-0.4, -0.2) is 23.7 Å². The average Bonchev–Trinajstić information content (AvgIpc) is 2.56. The molecular formula is C14H14Cl2N4O4. The third kappa shape index (κ3) is 5.25. The number of carbonyl (C=O) groups is 1. The fraction of sp³-hybridized carbons (Fsp3) is 0.143. The molecule has 0 atom stereocenters. The van der Waals surface area contributed by atoms with Gasteiger partial charge in [0, 0.05) is 18.2 Å². The van der Waals surface area contributed by atoms with Crippen molar-refractivity contribution in [3.8, 4) is 0 Å². The van der Waals surface area contributed by atoms with E-state index in [0.717, 1.165) is 7.11 Å². The number of nitrogens with two attached hydrogens (primary N) is 1. The minimum Gasteiger partial charge on any atom is -0.464 e. The van der Waals surface area contributed by atoms with Crippen LogP contribution in [0.2, 0.25) is 0 Å². The predicted octanol–water partition coefficient (Wildman–Crippen LogP) is 2.38. The zero-order chi connectivity index (χ0) is 18.3. The van der Waals surface area contributed by atoms with Crippen molar-refractivity contribution >= 4 is 40.6 Å². The number of esters is 1. The first-order valence-corrected chi connectivity index (χ1v) is 7.16. The highest BCUT2D eigenvalue weighted by molar-refractivity contribution is 6.58. The first-order chi connectivity index (χ1) is 11.3. The molecular weight excluding hydrogens is 359 g/mol. The fourth-order valence-corrected chi connectivity index (χ4v) is 1.91. The minimum atomic E-state index is -0.864. The lowest BCUT2D eigenvalue weighted by Crippen LogP contribution is -2.26. The molecule has 1 aromatic rings. The molecule has 8 nitrogen and oxygen atoms in total. The summed E-state index contributed by atoms with van der Waals surface area (Å²) in [6.07, 6.45) is 0. The van der Waals surface area contributed by atoms with Crippen LogP contribution >= 0.6 is 23.2 Å². The van der Waals surface area contributed by atoms with Crippen LogP contribution in [0.1, 0.15) is 5.56 Å². The van der Waals surface area contributed by atoms with Gasteiger partial charge in [0.2, 0.25) is 0 Å². The quantitative estimate of drug-likeness (QED) is 0.249. The van der Waals surface area contributed by atoms with Gasteiger partial charge in [-0.2, -0.15) is 0 Å². The van der Waals surface area contributed by atoms with Crippen molar-refractivity contribution in [2.24, 2.45) is 10.7 Å². The lowest BCUT2D eigenvalue weighted by atomic mass is 10.2. The number of hydrogen-bond donors (Lipinski definition) is 2. The van der Waals surface area contributed by atoms with Gasteiger partial charge in [-0.25, -0.2) is 9.79 Å². The number of carbonyl (C=O) groups excluding carboxylic acids is 1. The highest BCUT2D eigenvalue weighted by atomic mass is 35.5. The van der Waals surface area contributed by atoms with E-state index in [1.807, 2.05) is 0 Å². The summed E-state index contributed by atoms with van der Waals surface area (Å²) in [5.41, 5.74) is 5.73. The van der Waals surface area contributed by atoms with Gasteiger partial charge in [-0.1, -0.05) is 48.0 Å². The monoisotopic (exact) mass is 372 g/mol. The van der Waals surface area contributed by atoms with Crippen LogP contribution in [0.5, 0.6) is 0 Å². The van der Waals surface area contributed by atoms with E-state index >= 15 is 0 Å². The number of para-hydroxylation sites is 1. The number of nitrogens with one attached hydrogen (secondary N) is 1. The van der Waals surface area contributed by atoms with Gasteiger partial charge in [0.25, 0.3) is 5.69 Å². The van der Waals surface area contributed by atoms with Gasteiger partial charge < -0.3 is 15.8 Å². The second kappa shape index (κ2) is 8.90. The summed E-state index contributed by atoms with van der Waals surface area (Å²) >= 11 is 11.6. The van der Waals surface area contributed by atoms with E-state index in [9.17, 15) is 14.9 Å². The van der Waals surface area contributed by atoms with Crippen molar-refractivity contribution in [2.75, 3.05) is 7.11 Å². The number of methoxy groups -OCH3 is 1. The number of benzene rings is 1. The summed E-state index contributed by atoms with van der Waals surface area (Å²) < 4.78 is 4.54. The molecule has 0 aliphatic rings. The largest absolute Gasteiger partial charge is 0.464 e. The molecule has 0 fully saturated rings. The minimum absolute atomic E-state index is 0.00941. The van der Waals surface area contributed by atoms with Gasteiger partial charge in [-0.15, -0.1) is 0 Å². The number of halogens is 2. The Morgan fingerprint density at radius 1 is 1.46 bits per heavy atom. The van der Waals surface area contributed by atoms with E-state index in [4.69, 9.17) is 28.9 Å². The van der Waals surface area contributed by atoms with Crippen molar-refractivity contribution < 1.29 is 14.5 Å². The Morgan fingerprint density at radius 3 is 2.62 bits per heavy atom. The topological polar surface area (TPSA) is 120 Å². The van der Waals surface area contributed by atoms with Crippen molar-refractivity contribution in [1.82, 2.24) is 5.32 Å². The van der Waals surface area contributed by atoms with E-state index in [0.29, 0.717) is 5.56 Å². The summed E-state index contributed by atoms with van der Waals surface area (Å²) in [6, 6.07) is 6.10. The SMILES string of the molecule is C=C(Cl)/N=C(C(=O)OC)\C(Cl)=C(/N)NCc1ccccc1[N+](=O)[O-]. The third-order valence-electron chi connectivity index (χ3n) is 2.71. The van der Waals surface area contributed by atoms with Gasteiger partial charge in [-0.3, -0.25) is 10.1 Å². The number of aliphatic imine (C=N–C) groups is 1. The molecule has 0 heterocycles. The van der Waals surface area contributed by atoms with Gasteiger partial charge in [0.05, 0.1) is 12.0 Å². The van der Waals surface area contributed by atoms with Crippen molar-refractivity contribution in [3.05, 3.63) is 62.5 Å². The van der Waals surface area contributed by atoms with E-state index in [1.165, 1.54) is 6.07 Å². The smallest absolute Gasteiger partial charge is 0.358 e. The van der Waals surface area contributed by atoms with Gasteiger partial charge in [0.15, 0.2) is 5.71 Å². The first-order valence-electron chi connectivity index (χ1n) is 6.41. The zero-order valence-corrected chi connectivity index (χ0v) is 14.1. The van der Waals surface area contributed by atoms with Crippen LogP contribution in [0.15, 0.2) is 51.8 Å². The Bertz CT molecular complexity index is 731. The molecule has 0 aromatic heterocycles. The molecule has 1 aromatic carbocycles. The third-order valence-corrected chi connectivity index (χ3v) is 3.18. The second-order valence-electron chi connectivity index (χ2n) is 4.30. The molecule has 0 unspecified atom stereocenters. The number of nitro benzene ring substituents is 1. The molecule has 128 valence electrons. The van der Waals surface area contributed by atoms with Crippen molar-refractivity contribution in [3.63, 3.8) is 0 Å². The Balaban J connectivity index is 3.05. The Labute approximate surface area is 147 Å². The normalized spacial score (nSPS) is 12.2. The number of rotatable bonds is 7. The molecule has 10 heteroatoms. The zero-order valence-electron chi connectivity index (χ0n) is 12.6. The molecule has 3 N–H and O–H groups in total. The Kier molecular flexibility index (Phi) is 7.22. The van der Waals surface area contributed by atoms with Crippen molar-refractivity contribution in [1.29, 1.82) is 0 Å². The maximum Gasteiger partial charge on any atom is 0.358 e. The van der Waals surface area contributed by atoms with Crippen LogP contribution < -0.4 is 11.1 Å². The summed E-state index contributed by atoms with van der Waals surface area (Å²) in [4.78, 5) is 25.8. The van der Waals surface area contributed by atoms with Crippen LogP contribution in [0.4, 0.5) is 5.69 Å². The predicted molar refractivity (Wildman–Crippen MR) is 91.4 cm³/mol. The van der Waals surface area contributed by atoms with Crippen molar-refractivity contribution in [2.45, 2.75) is 6.54 Å². The number of hydrogen-bond acceptors (Lipinski definition) is 7. The molecule has 0 saturated carbocycles. The lowest BCUT2D eigenvalue weighted by molar-refractivity contribution is -0.385. The van der Waals surface area contributed by atoms with E-state index in [2.05, 4.69) is 21.6 Å². The molecule has 1 rings (SSSR count). The van der Waals surface area contributed by atoms with Gasteiger partial charge in [-0.05, 0) is 0 Å². The molecule has 0 aliphatic carbocycles. The molecule has 0 saturated heterocycles. The molecule has 24 heavy (non-hydrogen) atoms. The fourth-order valence-electron chi connectivity index (χ4n) is 1.64. The van der Waals surface area contributed by atoms with E-state index in [1.54, 1.807) is 18.2 Å². The number of nitro groups is 1. The highest BCUT2D eigenvalue weighted by Gasteiger charge is 2.20. The Morgan fingerprint density at radius 2 is 2.08 bits per heavy atom. The maximum atomic E-state index is 11.7. The number of ether oxygens (including phenoxy) is 1. The second-order valence-corrected chi connectivity index (χ2v) is 5.11. The van der Waals surface area contributed by atoms with Crippen LogP contribution in [-0.2, 0) is 16.1 Å². The Hall–Kier alpha value is -2.58. The maximum absolute atomic E-state index is 11.7. The van der Waals surface area contributed by atoms with Crippen LogP contribution in [0.3, 0.4) is 0 Å². The molecule has 0 aliphatic heterocycles. The summed E-state index contributed by atoms with van der Waals surface area (Å²) in [5.74, 6) is -0.992. The summed E-state index contributed by atoms with van der Waals surface area (Å²) in [6.45, 7) is 3.34. The van der Waals surface area contributed by atoms with E-state index in [-0.39, 0.29) is 34.0 Å². The van der Waals surface area contributed by atoms with Crippen LogP contribution in [0.25, 0.3) is 0 Å². The highest BCUT2D eigenvalue weighted by Crippen LogP contribution is 2.18. The number of nitrogens with zero attached hydrogens (tertiary/aromatic N) is 2. The summed E-state index contributed by atoms with van der Waals surface area (Å²) in [5, 5.41) is 13.2. The molecule has 0 amide bonds. The van der Waals surface area contributed by atoms with Crippen LogP contribution in [0, 0.1) is 10.1 Å². The van der Waals surface area contributed by atoms with E-state index < -0.39 is 10.9 Å². The van der Waals surface area contributed by atoms with Gasteiger partial charge in [0.1, 0.15) is 16.0 Å². The average molecular weight is 373 g/mol. The summed E-state index contributed by atoms with van der Waals surface area (Å²) in [7, 11) is 1.13. The molecule has 0 radical (unpaired) electrons.